The topological polar surface area (TPSA) is 43.4 Å². The fourth-order valence-electron chi connectivity index (χ4n) is 1.62. The molecule has 0 aliphatic heterocycles. The molecule has 1 heterocycles. The minimum atomic E-state index is 0.0181. The van der Waals surface area contributed by atoms with Gasteiger partial charge in [0.2, 0.25) is 5.88 Å². The van der Waals surface area contributed by atoms with Crippen molar-refractivity contribution in [2.45, 2.75) is 32.9 Å². The second kappa shape index (κ2) is 7.25. The van der Waals surface area contributed by atoms with E-state index in [-0.39, 0.29) is 6.10 Å². The molecular formula is C13H22N2O2. The summed E-state index contributed by atoms with van der Waals surface area (Å²) in [6.07, 6.45) is 1.87. The van der Waals surface area contributed by atoms with Crippen LogP contribution in [0.15, 0.2) is 18.3 Å². The summed E-state index contributed by atoms with van der Waals surface area (Å²) >= 11 is 0. The molecule has 0 radical (unpaired) electrons. The minimum Gasteiger partial charge on any atom is -0.472 e. The van der Waals surface area contributed by atoms with Crippen molar-refractivity contribution in [2.75, 3.05) is 20.3 Å². The van der Waals surface area contributed by atoms with Crippen LogP contribution in [0.4, 0.5) is 0 Å². The van der Waals surface area contributed by atoms with Crippen LogP contribution in [0.5, 0.6) is 5.88 Å². The Morgan fingerprint density at radius 2 is 2.12 bits per heavy atom. The molecule has 0 saturated heterocycles. The number of aromatic nitrogens is 1. The zero-order chi connectivity index (χ0) is 12.7. The number of ether oxygens (including phenoxy) is 2. The summed E-state index contributed by atoms with van der Waals surface area (Å²) in [6, 6.07) is 4.25. The molecule has 0 amide bonds. The molecule has 0 aliphatic carbocycles. The lowest BCUT2D eigenvalue weighted by molar-refractivity contribution is 0.0889. The van der Waals surface area contributed by atoms with Crippen LogP contribution in [0.1, 0.15) is 32.4 Å². The average Bonchev–Trinajstić information content (AvgIpc) is 2.30. The van der Waals surface area contributed by atoms with Gasteiger partial charge in [-0.1, -0.05) is 13.0 Å². The third-order valence-electron chi connectivity index (χ3n) is 2.49. The summed E-state index contributed by atoms with van der Waals surface area (Å²) in [4.78, 5) is 4.29. The van der Waals surface area contributed by atoms with E-state index < -0.39 is 0 Å². The normalized spacial score (nSPS) is 14.4. The number of nitrogens with zero attached hydrogens (tertiary/aromatic N) is 1. The third kappa shape index (κ3) is 4.71. The lowest BCUT2D eigenvalue weighted by Crippen LogP contribution is -2.19. The lowest BCUT2D eigenvalue weighted by Gasteiger charge is -2.15. The van der Waals surface area contributed by atoms with Crippen LogP contribution in [-0.4, -0.2) is 31.3 Å². The second-order valence-electron chi connectivity index (χ2n) is 4.09. The van der Waals surface area contributed by atoms with Gasteiger partial charge in [-0.2, -0.15) is 0 Å². The molecule has 0 spiro atoms. The van der Waals surface area contributed by atoms with Gasteiger partial charge in [-0.15, -0.1) is 0 Å². The van der Waals surface area contributed by atoms with Crippen LogP contribution in [0.3, 0.4) is 0 Å². The maximum absolute atomic E-state index is 5.59. The number of methoxy groups -OCH3 is 1. The summed E-state index contributed by atoms with van der Waals surface area (Å²) in [5.74, 6) is 0.641. The van der Waals surface area contributed by atoms with Gasteiger partial charge in [0.1, 0.15) is 6.10 Å². The van der Waals surface area contributed by atoms with Crippen LogP contribution in [0.25, 0.3) is 0 Å². The van der Waals surface area contributed by atoms with E-state index in [9.17, 15) is 0 Å². The highest BCUT2D eigenvalue weighted by atomic mass is 16.5. The van der Waals surface area contributed by atoms with Gasteiger partial charge in [-0.3, -0.25) is 0 Å². The summed E-state index contributed by atoms with van der Waals surface area (Å²) in [6.45, 7) is 7.68. The molecule has 4 heteroatoms. The summed E-state index contributed by atoms with van der Waals surface area (Å²) in [5.41, 5.74) is 1.17. The zero-order valence-corrected chi connectivity index (χ0v) is 11.1. The summed E-state index contributed by atoms with van der Waals surface area (Å²) < 4.78 is 10.6. The van der Waals surface area contributed by atoms with Crippen LogP contribution in [-0.2, 0) is 4.74 Å². The fraction of sp³-hybridized carbons (Fsp3) is 0.615. The molecule has 0 fully saturated rings. The Labute approximate surface area is 103 Å². The van der Waals surface area contributed by atoms with Crippen molar-refractivity contribution in [2.24, 2.45) is 0 Å². The molecule has 1 N–H and O–H groups in total. The molecule has 2 unspecified atom stereocenters. The van der Waals surface area contributed by atoms with E-state index in [1.165, 1.54) is 5.56 Å². The summed E-state index contributed by atoms with van der Waals surface area (Å²) in [5, 5.41) is 3.34. The highest BCUT2D eigenvalue weighted by Crippen LogP contribution is 2.15. The number of hydrogen-bond donors (Lipinski definition) is 1. The fourth-order valence-corrected chi connectivity index (χ4v) is 1.62. The third-order valence-corrected chi connectivity index (χ3v) is 2.49. The van der Waals surface area contributed by atoms with Gasteiger partial charge in [0.15, 0.2) is 0 Å². The quantitative estimate of drug-likeness (QED) is 0.790. The first-order valence-electron chi connectivity index (χ1n) is 6.02. The number of pyridine rings is 1. The van der Waals surface area contributed by atoms with Crippen molar-refractivity contribution in [3.63, 3.8) is 0 Å². The van der Waals surface area contributed by atoms with E-state index in [1.54, 1.807) is 7.11 Å². The zero-order valence-electron chi connectivity index (χ0n) is 11.1. The van der Waals surface area contributed by atoms with Crippen LogP contribution < -0.4 is 10.1 Å². The molecule has 0 saturated carbocycles. The Hall–Kier alpha value is -1.13. The Morgan fingerprint density at radius 3 is 2.65 bits per heavy atom. The maximum Gasteiger partial charge on any atom is 0.213 e. The predicted molar refractivity (Wildman–Crippen MR) is 68.3 cm³/mol. The molecule has 1 aromatic rings. The SMILES string of the molecule is CCNC(C)c1ccc(OC(C)COC)nc1. The Kier molecular flexibility index (Phi) is 5.94. The molecular weight excluding hydrogens is 216 g/mol. The van der Waals surface area contributed by atoms with Crippen LogP contribution >= 0.6 is 0 Å². The molecule has 4 nitrogen and oxygen atoms in total. The van der Waals surface area contributed by atoms with Gasteiger partial charge in [-0.25, -0.2) is 4.98 Å². The van der Waals surface area contributed by atoms with Gasteiger partial charge >= 0.3 is 0 Å². The molecule has 1 rings (SSSR count). The van der Waals surface area contributed by atoms with E-state index in [4.69, 9.17) is 9.47 Å². The first-order chi connectivity index (χ1) is 8.17. The van der Waals surface area contributed by atoms with Crippen molar-refractivity contribution >= 4 is 0 Å². The van der Waals surface area contributed by atoms with E-state index >= 15 is 0 Å². The first kappa shape index (κ1) is 13.9. The average molecular weight is 238 g/mol. The molecule has 2 atom stereocenters. The van der Waals surface area contributed by atoms with Crippen LogP contribution in [0, 0.1) is 0 Å². The largest absolute Gasteiger partial charge is 0.472 e. The summed E-state index contributed by atoms with van der Waals surface area (Å²) in [7, 11) is 1.66. The number of rotatable bonds is 7. The lowest BCUT2D eigenvalue weighted by atomic mass is 10.1. The second-order valence-corrected chi connectivity index (χ2v) is 4.09. The standard InChI is InChI=1S/C13H22N2O2/c1-5-14-11(3)12-6-7-13(15-8-12)17-10(2)9-16-4/h6-8,10-11,14H,5,9H2,1-4H3. The van der Waals surface area contributed by atoms with Gasteiger partial charge < -0.3 is 14.8 Å². The number of nitrogens with one attached hydrogen (secondary N) is 1. The monoisotopic (exact) mass is 238 g/mol. The van der Waals surface area contributed by atoms with Gasteiger partial charge in [0, 0.05) is 25.4 Å². The Balaban J connectivity index is 2.55. The minimum absolute atomic E-state index is 0.0181. The Bertz CT molecular complexity index is 314. The van der Waals surface area contributed by atoms with Crippen LogP contribution in [0.2, 0.25) is 0 Å². The van der Waals surface area contributed by atoms with E-state index in [1.807, 2.05) is 25.3 Å². The smallest absolute Gasteiger partial charge is 0.213 e. The molecule has 0 aromatic carbocycles. The highest BCUT2D eigenvalue weighted by molar-refractivity contribution is 5.20. The van der Waals surface area contributed by atoms with Crippen molar-refractivity contribution in [1.82, 2.24) is 10.3 Å². The van der Waals surface area contributed by atoms with Crippen molar-refractivity contribution in [1.29, 1.82) is 0 Å². The van der Waals surface area contributed by atoms with Gasteiger partial charge in [0.05, 0.1) is 6.61 Å². The van der Waals surface area contributed by atoms with Gasteiger partial charge in [0.25, 0.3) is 0 Å². The Morgan fingerprint density at radius 1 is 1.35 bits per heavy atom. The van der Waals surface area contributed by atoms with E-state index in [2.05, 4.69) is 24.1 Å². The highest BCUT2D eigenvalue weighted by Gasteiger charge is 2.07. The van der Waals surface area contributed by atoms with E-state index in [0.29, 0.717) is 18.5 Å². The number of hydrogen-bond acceptors (Lipinski definition) is 4. The molecule has 0 bridgehead atoms. The predicted octanol–water partition coefficient (Wildman–Crippen LogP) is 2.17. The van der Waals surface area contributed by atoms with Crippen molar-refractivity contribution in [3.8, 4) is 5.88 Å². The van der Waals surface area contributed by atoms with Crippen molar-refractivity contribution < 1.29 is 9.47 Å². The molecule has 17 heavy (non-hydrogen) atoms. The van der Waals surface area contributed by atoms with E-state index in [0.717, 1.165) is 6.54 Å². The van der Waals surface area contributed by atoms with Crippen molar-refractivity contribution in [3.05, 3.63) is 23.9 Å². The molecule has 0 aliphatic rings. The molecule has 1 aromatic heterocycles. The maximum atomic E-state index is 5.59. The first-order valence-corrected chi connectivity index (χ1v) is 6.02. The van der Waals surface area contributed by atoms with Gasteiger partial charge in [-0.05, 0) is 26.0 Å². The molecule has 96 valence electrons.